The number of halogens is 2. The fourth-order valence-electron chi connectivity index (χ4n) is 1.79. The molecule has 2 aromatic carbocycles. The number of methoxy groups -OCH3 is 1. The van der Waals surface area contributed by atoms with E-state index in [1.807, 2.05) is 43.3 Å². The average molecular weight is 341 g/mol. The summed E-state index contributed by atoms with van der Waals surface area (Å²) in [6, 6.07) is 11.9. The molecule has 0 heterocycles. The van der Waals surface area contributed by atoms with Gasteiger partial charge >= 0.3 is 0 Å². The van der Waals surface area contributed by atoms with Crippen LogP contribution in [0.5, 0.6) is 5.75 Å². The molecule has 0 fully saturated rings. The smallest absolute Gasteiger partial charge is 0.123 e. The third-order valence-electron chi connectivity index (χ3n) is 2.90. The minimum atomic E-state index is 0.683. The van der Waals surface area contributed by atoms with Crippen LogP contribution in [0.2, 0.25) is 5.02 Å². The number of benzene rings is 2. The number of nitrogens with one attached hydrogen (secondary N) is 1. The average Bonchev–Trinajstić information content (AvgIpc) is 2.40. The first-order valence-corrected chi connectivity index (χ1v) is 7.09. The van der Waals surface area contributed by atoms with E-state index in [1.54, 1.807) is 7.11 Å². The van der Waals surface area contributed by atoms with Gasteiger partial charge in [0.15, 0.2) is 0 Å². The second-order valence-electron chi connectivity index (χ2n) is 4.27. The third-order valence-corrected chi connectivity index (χ3v) is 3.80. The molecule has 2 rings (SSSR count). The van der Waals surface area contributed by atoms with Crippen molar-refractivity contribution in [1.82, 2.24) is 0 Å². The van der Waals surface area contributed by atoms with E-state index in [1.165, 1.54) is 0 Å². The van der Waals surface area contributed by atoms with E-state index in [4.69, 9.17) is 16.3 Å². The lowest BCUT2D eigenvalue weighted by atomic mass is 10.2. The maximum absolute atomic E-state index is 6.11. The highest BCUT2D eigenvalue weighted by molar-refractivity contribution is 9.10. The Morgan fingerprint density at radius 2 is 2.00 bits per heavy atom. The van der Waals surface area contributed by atoms with Gasteiger partial charge in [-0.25, -0.2) is 0 Å². The first-order valence-electron chi connectivity index (χ1n) is 5.92. The lowest BCUT2D eigenvalue weighted by Gasteiger charge is -2.12. The van der Waals surface area contributed by atoms with Crippen LogP contribution in [0.3, 0.4) is 0 Å². The number of rotatable bonds is 4. The lowest BCUT2D eigenvalue weighted by Crippen LogP contribution is -2.02. The summed E-state index contributed by atoms with van der Waals surface area (Å²) in [4.78, 5) is 0. The summed E-state index contributed by atoms with van der Waals surface area (Å²) >= 11 is 9.58. The molecule has 100 valence electrons. The number of hydrogen-bond donors (Lipinski definition) is 1. The van der Waals surface area contributed by atoms with E-state index in [9.17, 15) is 0 Å². The zero-order valence-electron chi connectivity index (χ0n) is 10.8. The van der Waals surface area contributed by atoms with Gasteiger partial charge in [0.25, 0.3) is 0 Å². The lowest BCUT2D eigenvalue weighted by molar-refractivity contribution is 0.410. The molecule has 2 nitrogen and oxygen atoms in total. The van der Waals surface area contributed by atoms with E-state index in [0.29, 0.717) is 6.54 Å². The zero-order chi connectivity index (χ0) is 13.8. The van der Waals surface area contributed by atoms with Gasteiger partial charge in [0, 0.05) is 27.3 Å². The van der Waals surface area contributed by atoms with Crippen molar-refractivity contribution in [1.29, 1.82) is 0 Å². The van der Waals surface area contributed by atoms with Crippen LogP contribution in [0.15, 0.2) is 40.9 Å². The molecular formula is C15H15BrClNO. The van der Waals surface area contributed by atoms with Gasteiger partial charge in [0.05, 0.1) is 7.11 Å². The number of anilines is 1. The van der Waals surface area contributed by atoms with Crippen LogP contribution in [0.1, 0.15) is 11.1 Å². The largest absolute Gasteiger partial charge is 0.496 e. The van der Waals surface area contributed by atoms with Gasteiger partial charge in [-0.05, 0) is 42.8 Å². The van der Waals surface area contributed by atoms with Crippen molar-refractivity contribution >= 4 is 33.2 Å². The molecule has 0 saturated heterocycles. The summed E-state index contributed by atoms with van der Waals surface area (Å²) < 4.78 is 6.38. The van der Waals surface area contributed by atoms with Crippen molar-refractivity contribution in [3.63, 3.8) is 0 Å². The summed E-state index contributed by atoms with van der Waals surface area (Å²) in [6.45, 7) is 2.67. The van der Waals surface area contributed by atoms with Crippen molar-refractivity contribution in [3.05, 3.63) is 57.0 Å². The summed E-state index contributed by atoms with van der Waals surface area (Å²) in [5.41, 5.74) is 3.17. The van der Waals surface area contributed by atoms with Crippen molar-refractivity contribution in [2.75, 3.05) is 12.4 Å². The molecule has 0 amide bonds. The van der Waals surface area contributed by atoms with Gasteiger partial charge in [0.1, 0.15) is 5.75 Å². The first-order chi connectivity index (χ1) is 9.10. The Bertz CT molecular complexity index is 586. The van der Waals surface area contributed by atoms with Crippen molar-refractivity contribution in [2.24, 2.45) is 0 Å². The minimum absolute atomic E-state index is 0.683. The van der Waals surface area contributed by atoms with Crippen molar-refractivity contribution in [2.45, 2.75) is 13.5 Å². The van der Waals surface area contributed by atoms with E-state index in [0.717, 1.165) is 32.1 Å². The number of ether oxygens (including phenoxy) is 1. The molecule has 4 heteroatoms. The molecule has 0 unspecified atom stereocenters. The molecule has 0 aliphatic heterocycles. The highest BCUT2D eigenvalue weighted by atomic mass is 79.9. The normalized spacial score (nSPS) is 10.3. The van der Waals surface area contributed by atoms with Crippen LogP contribution in [-0.2, 0) is 6.54 Å². The second-order valence-corrected chi connectivity index (χ2v) is 5.60. The van der Waals surface area contributed by atoms with Crippen LogP contribution in [-0.4, -0.2) is 7.11 Å². The molecule has 1 N–H and O–H groups in total. The van der Waals surface area contributed by atoms with Gasteiger partial charge in [-0.3, -0.25) is 0 Å². The molecule has 0 aromatic heterocycles. The van der Waals surface area contributed by atoms with E-state index in [2.05, 4.69) is 21.2 Å². The molecular weight excluding hydrogens is 326 g/mol. The van der Waals surface area contributed by atoms with Crippen molar-refractivity contribution in [3.8, 4) is 5.75 Å². The quantitative estimate of drug-likeness (QED) is 0.842. The van der Waals surface area contributed by atoms with Crippen LogP contribution in [0.4, 0.5) is 5.69 Å². The van der Waals surface area contributed by atoms with Crippen LogP contribution in [0, 0.1) is 6.92 Å². The third kappa shape index (κ3) is 3.64. The van der Waals surface area contributed by atoms with Crippen LogP contribution < -0.4 is 10.1 Å². The molecule has 0 radical (unpaired) electrons. The Morgan fingerprint density at radius 1 is 1.21 bits per heavy atom. The molecule has 0 atom stereocenters. The van der Waals surface area contributed by atoms with Crippen LogP contribution >= 0.6 is 27.5 Å². The highest BCUT2D eigenvalue weighted by Crippen LogP contribution is 2.25. The van der Waals surface area contributed by atoms with Gasteiger partial charge in [-0.15, -0.1) is 0 Å². The van der Waals surface area contributed by atoms with Crippen LogP contribution in [0.25, 0.3) is 0 Å². The fraction of sp³-hybridized carbons (Fsp3) is 0.200. The highest BCUT2D eigenvalue weighted by Gasteiger charge is 2.04. The molecule has 0 bridgehead atoms. The van der Waals surface area contributed by atoms with E-state index < -0.39 is 0 Å². The summed E-state index contributed by atoms with van der Waals surface area (Å²) in [6.07, 6.45) is 0. The topological polar surface area (TPSA) is 21.3 Å². The van der Waals surface area contributed by atoms with Crippen molar-refractivity contribution < 1.29 is 4.74 Å². The Hall–Kier alpha value is -1.19. The maximum atomic E-state index is 6.11. The zero-order valence-corrected chi connectivity index (χ0v) is 13.2. The number of hydrogen-bond acceptors (Lipinski definition) is 2. The predicted molar refractivity (Wildman–Crippen MR) is 84.2 cm³/mol. The van der Waals surface area contributed by atoms with E-state index in [-0.39, 0.29) is 0 Å². The van der Waals surface area contributed by atoms with Gasteiger partial charge in [-0.2, -0.15) is 0 Å². The predicted octanol–water partition coefficient (Wildman–Crippen LogP) is 5.03. The molecule has 19 heavy (non-hydrogen) atoms. The summed E-state index contributed by atoms with van der Waals surface area (Å²) in [5, 5.41) is 4.12. The van der Waals surface area contributed by atoms with Gasteiger partial charge in [-0.1, -0.05) is 33.6 Å². The molecule has 0 spiro atoms. The monoisotopic (exact) mass is 339 g/mol. The fourth-order valence-corrected chi connectivity index (χ4v) is 2.37. The Morgan fingerprint density at radius 3 is 2.68 bits per heavy atom. The maximum Gasteiger partial charge on any atom is 0.123 e. The molecule has 0 saturated carbocycles. The molecule has 0 aliphatic rings. The van der Waals surface area contributed by atoms with E-state index >= 15 is 0 Å². The van der Waals surface area contributed by atoms with Gasteiger partial charge in [0.2, 0.25) is 0 Å². The Labute approximate surface area is 126 Å². The Balaban J connectivity index is 2.13. The minimum Gasteiger partial charge on any atom is -0.496 e. The molecule has 0 aliphatic carbocycles. The standard InChI is InChI=1S/C15H15BrClNO/c1-10-3-5-13(8-14(10)17)18-9-11-7-12(16)4-6-15(11)19-2/h3-8,18H,9H2,1-2H3. The second kappa shape index (κ2) is 6.31. The summed E-state index contributed by atoms with van der Waals surface area (Å²) in [7, 11) is 1.68. The first kappa shape index (κ1) is 14.2. The summed E-state index contributed by atoms with van der Waals surface area (Å²) in [5.74, 6) is 0.869. The molecule has 2 aromatic rings. The number of aryl methyl sites for hydroxylation is 1. The van der Waals surface area contributed by atoms with Gasteiger partial charge < -0.3 is 10.1 Å². The SMILES string of the molecule is COc1ccc(Br)cc1CNc1ccc(C)c(Cl)c1. The Kier molecular flexibility index (Phi) is 4.72.